The van der Waals surface area contributed by atoms with Crippen LogP contribution in [0.1, 0.15) is 56.7 Å². The zero-order valence-electron chi connectivity index (χ0n) is 12.3. The van der Waals surface area contributed by atoms with Gasteiger partial charge in [0, 0.05) is 6.04 Å². The normalized spacial score (nSPS) is 16.8. The molecule has 0 atom stereocenters. The van der Waals surface area contributed by atoms with Gasteiger partial charge in [0.25, 0.3) is 0 Å². The topological polar surface area (TPSA) is 36.4 Å². The monoisotopic (exact) mass is 343 g/mol. The van der Waals surface area contributed by atoms with Crippen molar-refractivity contribution in [2.24, 2.45) is 5.10 Å². The molecule has 1 fully saturated rings. The summed E-state index contributed by atoms with van der Waals surface area (Å²) < 4.78 is 0.789. The highest BCUT2D eigenvalue weighted by Gasteiger charge is 2.14. The van der Waals surface area contributed by atoms with Crippen LogP contribution in [-0.4, -0.2) is 16.9 Å². The van der Waals surface area contributed by atoms with E-state index in [9.17, 15) is 0 Å². The van der Waals surface area contributed by atoms with E-state index in [1.165, 1.54) is 32.1 Å². The lowest BCUT2D eigenvalue weighted by Crippen LogP contribution is -2.41. The molecule has 0 saturated heterocycles. The smallest absolute Gasteiger partial charge is 0.187 e. The Kier molecular flexibility index (Phi) is 6.93. The SMILES string of the molecule is CCC/C(=N\NC(=S)NC1CCCCC1)c1ccc(Cl)s1. The van der Waals surface area contributed by atoms with Crippen molar-refractivity contribution < 1.29 is 0 Å². The van der Waals surface area contributed by atoms with Crippen LogP contribution in [0.5, 0.6) is 0 Å². The number of thiophene rings is 1. The van der Waals surface area contributed by atoms with Crippen LogP contribution >= 0.6 is 35.2 Å². The van der Waals surface area contributed by atoms with Crippen LogP contribution in [0, 0.1) is 0 Å². The first-order chi connectivity index (χ1) is 10.2. The van der Waals surface area contributed by atoms with E-state index in [4.69, 9.17) is 23.8 Å². The van der Waals surface area contributed by atoms with Crippen LogP contribution in [-0.2, 0) is 0 Å². The maximum Gasteiger partial charge on any atom is 0.187 e. The molecule has 116 valence electrons. The number of nitrogens with one attached hydrogen (secondary N) is 2. The Morgan fingerprint density at radius 1 is 1.38 bits per heavy atom. The van der Waals surface area contributed by atoms with Gasteiger partial charge in [0.2, 0.25) is 0 Å². The van der Waals surface area contributed by atoms with Gasteiger partial charge in [-0.25, -0.2) is 0 Å². The Hall–Kier alpha value is -0.650. The van der Waals surface area contributed by atoms with E-state index in [0.717, 1.165) is 27.8 Å². The third-order valence-electron chi connectivity index (χ3n) is 3.58. The number of halogens is 1. The zero-order chi connectivity index (χ0) is 15.1. The van der Waals surface area contributed by atoms with E-state index in [-0.39, 0.29) is 0 Å². The first-order valence-electron chi connectivity index (χ1n) is 7.58. The highest BCUT2D eigenvalue weighted by atomic mass is 35.5. The minimum absolute atomic E-state index is 0.500. The quantitative estimate of drug-likeness (QED) is 0.462. The molecule has 2 rings (SSSR count). The molecule has 6 heteroatoms. The molecule has 1 saturated carbocycles. The number of rotatable bonds is 5. The molecule has 0 bridgehead atoms. The summed E-state index contributed by atoms with van der Waals surface area (Å²) >= 11 is 12.9. The summed E-state index contributed by atoms with van der Waals surface area (Å²) in [6.07, 6.45) is 8.28. The Morgan fingerprint density at radius 2 is 2.14 bits per heavy atom. The van der Waals surface area contributed by atoms with Crippen LogP contribution in [0.2, 0.25) is 4.34 Å². The Morgan fingerprint density at radius 3 is 2.76 bits per heavy atom. The van der Waals surface area contributed by atoms with Crippen molar-refractivity contribution in [3.05, 3.63) is 21.3 Å². The molecule has 0 aliphatic heterocycles. The largest absolute Gasteiger partial charge is 0.359 e. The predicted molar refractivity (Wildman–Crippen MR) is 96.5 cm³/mol. The van der Waals surface area contributed by atoms with Crippen LogP contribution in [0.4, 0.5) is 0 Å². The Bertz CT molecular complexity index is 493. The van der Waals surface area contributed by atoms with Gasteiger partial charge in [-0.3, -0.25) is 5.43 Å². The van der Waals surface area contributed by atoms with E-state index < -0.39 is 0 Å². The van der Waals surface area contributed by atoms with Crippen molar-refractivity contribution >= 4 is 46.0 Å². The van der Waals surface area contributed by atoms with Gasteiger partial charge in [-0.1, -0.05) is 44.2 Å². The molecule has 3 nitrogen and oxygen atoms in total. The zero-order valence-corrected chi connectivity index (χ0v) is 14.7. The second kappa shape index (κ2) is 8.71. The van der Waals surface area contributed by atoms with Crippen molar-refractivity contribution in [1.82, 2.24) is 10.7 Å². The number of hydrogen-bond donors (Lipinski definition) is 2. The molecule has 21 heavy (non-hydrogen) atoms. The molecule has 2 N–H and O–H groups in total. The molecule has 0 amide bonds. The molecule has 0 spiro atoms. The Labute approximate surface area is 141 Å². The third-order valence-corrected chi connectivity index (χ3v) is 5.07. The molecular weight excluding hydrogens is 322 g/mol. The van der Waals surface area contributed by atoms with Crippen LogP contribution in [0.15, 0.2) is 17.2 Å². The van der Waals surface area contributed by atoms with E-state index >= 15 is 0 Å². The number of thiocarbonyl (C=S) groups is 1. The lowest BCUT2D eigenvalue weighted by atomic mass is 9.96. The van der Waals surface area contributed by atoms with E-state index in [0.29, 0.717) is 11.2 Å². The van der Waals surface area contributed by atoms with E-state index in [2.05, 4.69) is 22.8 Å². The average Bonchev–Trinajstić information content (AvgIpc) is 2.91. The third kappa shape index (κ3) is 5.57. The molecule has 1 aromatic heterocycles. The van der Waals surface area contributed by atoms with Gasteiger partial charge < -0.3 is 5.32 Å². The van der Waals surface area contributed by atoms with Crippen LogP contribution < -0.4 is 10.7 Å². The minimum atomic E-state index is 0.500. The first kappa shape index (κ1) is 16.7. The van der Waals surface area contributed by atoms with Gasteiger partial charge in [-0.05, 0) is 43.6 Å². The summed E-state index contributed by atoms with van der Waals surface area (Å²) in [7, 11) is 0. The summed E-state index contributed by atoms with van der Waals surface area (Å²) in [5.74, 6) is 0. The average molecular weight is 344 g/mol. The molecule has 1 aliphatic rings. The van der Waals surface area contributed by atoms with E-state index in [1.807, 2.05) is 12.1 Å². The van der Waals surface area contributed by atoms with Crippen molar-refractivity contribution in [3.8, 4) is 0 Å². The minimum Gasteiger partial charge on any atom is -0.359 e. The highest BCUT2D eigenvalue weighted by Crippen LogP contribution is 2.23. The second-order valence-electron chi connectivity index (χ2n) is 5.33. The lowest BCUT2D eigenvalue weighted by Gasteiger charge is -2.23. The van der Waals surface area contributed by atoms with Crippen molar-refractivity contribution in [1.29, 1.82) is 0 Å². The van der Waals surface area contributed by atoms with Gasteiger partial charge in [0.05, 0.1) is 14.9 Å². The molecular formula is C15H22ClN3S2. The molecule has 1 aliphatic carbocycles. The maximum atomic E-state index is 6.00. The summed E-state index contributed by atoms with van der Waals surface area (Å²) in [5.41, 5.74) is 4.01. The van der Waals surface area contributed by atoms with Gasteiger partial charge in [-0.15, -0.1) is 11.3 Å². The van der Waals surface area contributed by atoms with Gasteiger partial charge in [-0.2, -0.15) is 5.10 Å². The van der Waals surface area contributed by atoms with Crippen molar-refractivity contribution in [2.45, 2.75) is 57.9 Å². The molecule has 1 heterocycles. The predicted octanol–water partition coefficient (Wildman–Crippen LogP) is 4.70. The number of hydrazone groups is 1. The Balaban J connectivity index is 1.90. The van der Waals surface area contributed by atoms with Crippen molar-refractivity contribution in [3.63, 3.8) is 0 Å². The van der Waals surface area contributed by atoms with E-state index in [1.54, 1.807) is 11.3 Å². The lowest BCUT2D eigenvalue weighted by molar-refractivity contribution is 0.412. The van der Waals surface area contributed by atoms with Crippen molar-refractivity contribution in [2.75, 3.05) is 0 Å². The highest BCUT2D eigenvalue weighted by molar-refractivity contribution is 7.80. The second-order valence-corrected chi connectivity index (χ2v) is 7.46. The summed E-state index contributed by atoms with van der Waals surface area (Å²) in [5, 5.41) is 8.46. The van der Waals surface area contributed by atoms with Gasteiger partial charge in [0.15, 0.2) is 5.11 Å². The standard InChI is InChI=1S/C15H22ClN3S2/c1-2-6-12(13-9-10-14(16)21-13)18-19-15(20)17-11-7-4-3-5-8-11/h9-11H,2-8H2,1H3,(H2,17,19,20)/b18-12+. The summed E-state index contributed by atoms with van der Waals surface area (Å²) in [4.78, 5) is 1.11. The molecule has 0 radical (unpaired) electrons. The number of nitrogens with zero attached hydrogens (tertiary/aromatic N) is 1. The number of hydrogen-bond acceptors (Lipinski definition) is 3. The summed E-state index contributed by atoms with van der Waals surface area (Å²) in [6, 6.07) is 4.42. The fourth-order valence-corrected chi connectivity index (χ4v) is 3.80. The van der Waals surface area contributed by atoms with Gasteiger partial charge >= 0.3 is 0 Å². The van der Waals surface area contributed by atoms with Gasteiger partial charge in [0.1, 0.15) is 0 Å². The maximum absolute atomic E-state index is 6.00. The van der Waals surface area contributed by atoms with Crippen LogP contribution in [0.3, 0.4) is 0 Å². The molecule has 0 unspecified atom stereocenters. The fraction of sp³-hybridized carbons (Fsp3) is 0.600. The fourth-order valence-electron chi connectivity index (χ4n) is 2.52. The molecule has 1 aromatic rings. The first-order valence-corrected chi connectivity index (χ1v) is 9.18. The summed E-state index contributed by atoms with van der Waals surface area (Å²) in [6.45, 7) is 2.14. The van der Waals surface area contributed by atoms with Crippen LogP contribution in [0.25, 0.3) is 0 Å². The molecule has 0 aromatic carbocycles.